The maximum Gasteiger partial charge on any atom is 0.416 e. The number of hydrogen-bond acceptors (Lipinski definition) is 1. The molecule has 2 rings (SSSR count). The molecular weight excluding hydrogens is 239 g/mol. The summed E-state index contributed by atoms with van der Waals surface area (Å²) in [5.74, 6) is 0.525. The van der Waals surface area contributed by atoms with E-state index in [1.54, 1.807) is 12.1 Å². The molecule has 0 aliphatic carbocycles. The van der Waals surface area contributed by atoms with E-state index in [0.29, 0.717) is 11.5 Å². The van der Waals surface area contributed by atoms with Gasteiger partial charge in [0.05, 0.1) is 5.56 Å². The number of hydrogen-bond donors (Lipinski definition) is 1. The van der Waals surface area contributed by atoms with Gasteiger partial charge in [-0.05, 0) is 36.9 Å². The van der Waals surface area contributed by atoms with Crippen LogP contribution >= 0.6 is 0 Å². The Morgan fingerprint density at radius 2 is 2.00 bits per heavy atom. The van der Waals surface area contributed by atoms with Crippen molar-refractivity contribution in [1.29, 1.82) is 0 Å². The molecule has 0 bridgehead atoms. The van der Waals surface area contributed by atoms with Gasteiger partial charge in [0, 0.05) is 6.04 Å². The quantitative estimate of drug-likeness (QED) is 0.839. The van der Waals surface area contributed by atoms with E-state index < -0.39 is 11.7 Å². The predicted molar refractivity (Wildman–Crippen MR) is 65.2 cm³/mol. The van der Waals surface area contributed by atoms with E-state index in [0.717, 1.165) is 25.8 Å². The Labute approximate surface area is 105 Å². The van der Waals surface area contributed by atoms with Crippen LogP contribution in [-0.2, 0) is 6.18 Å². The summed E-state index contributed by atoms with van der Waals surface area (Å²) in [5, 5.41) is 3.21. The summed E-state index contributed by atoms with van der Waals surface area (Å²) in [6.07, 6.45) is -1.38. The monoisotopic (exact) mass is 257 g/mol. The van der Waals surface area contributed by atoms with Crippen molar-refractivity contribution >= 4 is 0 Å². The van der Waals surface area contributed by atoms with Crippen LogP contribution in [0.1, 0.15) is 43.4 Å². The van der Waals surface area contributed by atoms with Gasteiger partial charge in [-0.3, -0.25) is 0 Å². The van der Waals surface area contributed by atoms with Crippen molar-refractivity contribution in [2.24, 2.45) is 5.92 Å². The van der Waals surface area contributed by atoms with Crippen LogP contribution in [0.2, 0.25) is 0 Å². The maximum atomic E-state index is 13.0. The molecule has 0 amide bonds. The van der Waals surface area contributed by atoms with E-state index in [2.05, 4.69) is 12.2 Å². The normalized spacial score (nSPS) is 25.1. The van der Waals surface area contributed by atoms with Gasteiger partial charge in [0.2, 0.25) is 0 Å². The Morgan fingerprint density at radius 1 is 1.28 bits per heavy atom. The van der Waals surface area contributed by atoms with Crippen LogP contribution in [0.4, 0.5) is 13.2 Å². The molecule has 0 saturated carbocycles. The molecule has 100 valence electrons. The summed E-state index contributed by atoms with van der Waals surface area (Å²) in [5.41, 5.74) is -0.109. The van der Waals surface area contributed by atoms with Crippen LogP contribution in [0.25, 0.3) is 0 Å². The van der Waals surface area contributed by atoms with Gasteiger partial charge < -0.3 is 5.32 Å². The molecule has 0 radical (unpaired) electrons. The predicted octanol–water partition coefficient (Wildman–Crippen LogP) is 4.16. The average molecular weight is 257 g/mol. The molecule has 1 nitrogen and oxygen atoms in total. The van der Waals surface area contributed by atoms with Crippen molar-refractivity contribution in [2.45, 2.75) is 38.4 Å². The molecule has 4 heteroatoms. The van der Waals surface area contributed by atoms with Gasteiger partial charge in [0.25, 0.3) is 0 Å². The lowest BCUT2D eigenvalue weighted by Crippen LogP contribution is -2.32. The number of rotatable bonds is 2. The summed E-state index contributed by atoms with van der Waals surface area (Å²) in [4.78, 5) is 0. The standard InChI is InChI=1S/C14H18F3N/c1-2-10-7-8-18-13(9-10)11-5-3-4-6-12(11)14(15,16)17/h3-6,10,13,18H,2,7-9H2,1H3. The lowest BCUT2D eigenvalue weighted by atomic mass is 9.85. The zero-order valence-corrected chi connectivity index (χ0v) is 10.4. The van der Waals surface area contributed by atoms with E-state index in [9.17, 15) is 13.2 Å². The second kappa shape index (κ2) is 5.31. The number of halogens is 3. The average Bonchev–Trinajstić information content (AvgIpc) is 2.38. The van der Waals surface area contributed by atoms with E-state index in [1.165, 1.54) is 12.1 Å². The fourth-order valence-corrected chi connectivity index (χ4v) is 2.66. The highest BCUT2D eigenvalue weighted by Crippen LogP contribution is 2.38. The highest BCUT2D eigenvalue weighted by atomic mass is 19.4. The number of nitrogens with one attached hydrogen (secondary N) is 1. The summed E-state index contributed by atoms with van der Waals surface area (Å²) in [7, 11) is 0. The molecule has 1 saturated heterocycles. The molecule has 1 N–H and O–H groups in total. The molecule has 1 heterocycles. The minimum atomic E-state index is -4.27. The fourth-order valence-electron chi connectivity index (χ4n) is 2.66. The smallest absolute Gasteiger partial charge is 0.310 e. The fraction of sp³-hybridized carbons (Fsp3) is 0.571. The molecule has 1 aliphatic heterocycles. The Morgan fingerprint density at radius 3 is 2.67 bits per heavy atom. The highest BCUT2D eigenvalue weighted by Gasteiger charge is 2.35. The van der Waals surface area contributed by atoms with E-state index in [1.807, 2.05) is 0 Å². The van der Waals surface area contributed by atoms with E-state index in [4.69, 9.17) is 0 Å². The van der Waals surface area contributed by atoms with Crippen LogP contribution < -0.4 is 5.32 Å². The Kier molecular flexibility index (Phi) is 3.95. The van der Waals surface area contributed by atoms with Crippen LogP contribution in [0, 0.1) is 5.92 Å². The largest absolute Gasteiger partial charge is 0.416 e. The van der Waals surface area contributed by atoms with Gasteiger partial charge in [0.1, 0.15) is 0 Å². The van der Waals surface area contributed by atoms with E-state index >= 15 is 0 Å². The number of alkyl halides is 3. The Bertz CT molecular complexity index is 400. The van der Waals surface area contributed by atoms with Gasteiger partial charge in [0.15, 0.2) is 0 Å². The van der Waals surface area contributed by atoms with Crippen molar-refractivity contribution in [3.8, 4) is 0 Å². The zero-order chi connectivity index (χ0) is 13.2. The first kappa shape index (κ1) is 13.4. The molecule has 1 aromatic rings. The first-order valence-corrected chi connectivity index (χ1v) is 6.42. The van der Waals surface area contributed by atoms with Crippen LogP contribution in [0.15, 0.2) is 24.3 Å². The van der Waals surface area contributed by atoms with Gasteiger partial charge in [-0.1, -0.05) is 31.5 Å². The van der Waals surface area contributed by atoms with Crippen LogP contribution in [0.3, 0.4) is 0 Å². The summed E-state index contributed by atoms with van der Waals surface area (Å²) in [6, 6.07) is 5.74. The second-order valence-electron chi connectivity index (χ2n) is 4.89. The molecule has 1 fully saturated rings. The van der Waals surface area contributed by atoms with E-state index in [-0.39, 0.29) is 6.04 Å². The van der Waals surface area contributed by atoms with Crippen molar-refractivity contribution < 1.29 is 13.2 Å². The van der Waals surface area contributed by atoms with Crippen molar-refractivity contribution in [3.05, 3.63) is 35.4 Å². The minimum absolute atomic E-state index is 0.165. The first-order valence-electron chi connectivity index (χ1n) is 6.42. The lowest BCUT2D eigenvalue weighted by Gasteiger charge is -2.31. The van der Waals surface area contributed by atoms with Crippen molar-refractivity contribution in [2.75, 3.05) is 6.54 Å². The van der Waals surface area contributed by atoms with Crippen molar-refractivity contribution in [3.63, 3.8) is 0 Å². The topological polar surface area (TPSA) is 12.0 Å². The third kappa shape index (κ3) is 2.86. The van der Waals surface area contributed by atoms with Crippen LogP contribution in [0.5, 0.6) is 0 Å². The number of piperidine rings is 1. The zero-order valence-electron chi connectivity index (χ0n) is 10.4. The van der Waals surface area contributed by atoms with Crippen LogP contribution in [-0.4, -0.2) is 6.54 Å². The maximum absolute atomic E-state index is 13.0. The molecule has 1 aromatic carbocycles. The lowest BCUT2D eigenvalue weighted by molar-refractivity contribution is -0.138. The first-order chi connectivity index (χ1) is 8.52. The molecule has 0 aromatic heterocycles. The van der Waals surface area contributed by atoms with Crippen molar-refractivity contribution in [1.82, 2.24) is 5.32 Å². The van der Waals surface area contributed by atoms with Gasteiger partial charge in [-0.15, -0.1) is 0 Å². The summed E-state index contributed by atoms with van der Waals surface area (Å²) >= 11 is 0. The molecule has 2 unspecified atom stereocenters. The molecular formula is C14H18F3N. The highest BCUT2D eigenvalue weighted by molar-refractivity contribution is 5.32. The minimum Gasteiger partial charge on any atom is -0.310 e. The van der Waals surface area contributed by atoms with Gasteiger partial charge >= 0.3 is 6.18 Å². The second-order valence-corrected chi connectivity index (χ2v) is 4.89. The Balaban J connectivity index is 2.27. The molecule has 1 aliphatic rings. The number of benzene rings is 1. The summed E-state index contributed by atoms with van der Waals surface area (Å²) < 4.78 is 38.9. The molecule has 2 atom stereocenters. The third-order valence-electron chi connectivity index (χ3n) is 3.73. The summed E-state index contributed by atoms with van der Waals surface area (Å²) in [6.45, 7) is 2.90. The molecule has 18 heavy (non-hydrogen) atoms. The molecule has 0 spiro atoms. The van der Waals surface area contributed by atoms with Gasteiger partial charge in [-0.25, -0.2) is 0 Å². The third-order valence-corrected chi connectivity index (χ3v) is 3.73. The SMILES string of the molecule is CCC1CCNC(c2ccccc2C(F)(F)F)C1. The Hall–Kier alpha value is -1.03. The van der Waals surface area contributed by atoms with Gasteiger partial charge in [-0.2, -0.15) is 13.2 Å².